The molecule has 0 fully saturated rings. The van der Waals surface area contributed by atoms with E-state index in [1.165, 1.54) is 47.9 Å². The standard InChI is InChI=1S/C16H24BrNS/c1-2-8-18-15(9-13-6-4-3-5-7-13)11-16-10-14(17)12-19-16/h6,10,12,15,18H,2-5,7-9,11H2,1H3. The van der Waals surface area contributed by atoms with Crippen LogP contribution in [0.5, 0.6) is 0 Å². The first-order valence-corrected chi connectivity index (χ1v) is 9.09. The Labute approximate surface area is 129 Å². The second kappa shape index (κ2) is 8.23. The summed E-state index contributed by atoms with van der Waals surface area (Å²) < 4.78 is 1.22. The third-order valence-electron chi connectivity index (χ3n) is 3.65. The normalized spacial score (nSPS) is 17.3. The number of hydrogen-bond acceptors (Lipinski definition) is 2. The predicted molar refractivity (Wildman–Crippen MR) is 89.0 cm³/mol. The molecule has 106 valence electrons. The van der Waals surface area contributed by atoms with Crippen molar-refractivity contribution in [2.75, 3.05) is 6.54 Å². The highest BCUT2D eigenvalue weighted by Gasteiger charge is 2.14. The van der Waals surface area contributed by atoms with Gasteiger partial charge in [-0.25, -0.2) is 0 Å². The summed E-state index contributed by atoms with van der Waals surface area (Å²) in [6.45, 7) is 3.37. The average Bonchev–Trinajstić information content (AvgIpc) is 2.82. The molecule has 0 saturated heterocycles. The molecule has 0 aromatic carbocycles. The summed E-state index contributed by atoms with van der Waals surface area (Å²) in [7, 11) is 0. The van der Waals surface area contributed by atoms with Crippen LogP contribution in [0.2, 0.25) is 0 Å². The van der Waals surface area contributed by atoms with E-state index < -0.39 is 0 Å². The molecule has 3 heteroatoms. The third-order valence-corrected chi connectivity index (χ3v) is 5.37. The van der Waals surface area contributed by atoms with Crippen LogP contribution in [0.25, 0.3) is 0 Å². The topological polar surface area (TPSA) is 12.0 Å². The minimum Gasteiger partial charge on any atom is -0.313 e. The summed E-state index contributed by atoms with van der Waals surface area (Å²) >= 11 is 5.42. The molecular formula is C16H24BrNS. The average molecular weight is 342 g/mol. The van der Waals surface area contributed by atoms with Crippen LogP contribution in [-0.4, -0.2) is 12.6 Å². The van der Waals surface area contributed by atoms with Crippen molar-refractivity contribution in [3.63, 3.8) is 0 Å². The first kappa shape index (κ1) is 15.3. The summed E-state index contributed by atoms with van der Waals surface area (Å²) in [5.74, 6) is 0. The minimum absolute atomic E-state index is 0.606. The van der Waals surface area contributed by atoms with Crippen LogP contribution >= 0.6 is 27.3 Å². The lowest BCUT2D eigenvalue weighted by atomic mass is 9.93. The number of hydrogen-bond donors (Lipinski definition) is 1. The molecule has 19 heavy (non-hydrogen) atoms. The van der Waals surface area contributed by atoms with Gasteiger partial charge < -0.3 is 5.32 Å². The monoisotopic (exact) mass is 341 g/mol. The maximum atomic E-state index is 3.72. The van der Waals surface area contributed by atoms with E-state index >= 15 is 0 Å². The Balaban J connectivity index is 1.92. The molecule has 1 nitrogen and oxygen atoms in total. The van der Waals surface area contributed by atoms with E-state index in [2.05, 4.69) is 45.7 Å². The SMILES string of the molecule is CCCNC(CC1=CCCCC1)Cc1cc(Br)cs1. The number of allylic oxidation sites excluding steroid dienone is 1. The van der Waals surface area contributed by atoms with Crippen molar-refractivity contribution in [1.82, 2.24) is 5.32 Å². The van der Waals surface area contributed by atoms with Crippen molar-refractivity contribution in [3.05, 3.63) is 32.4 Å². The first-order valence-electron chi connectivity index (χ1n) is 7.42. The fourth-order valence-electron chi connectivity index (χ4n) is 2.68. The molecule has 1 aliphatic rings. The van der Waals surface area contributed by atoms with E-state index in [1.807, 2.05) is 11.3 Å². The van der Waals surface area contributed by atoms with E-state index in [0.29, 0.717) is 6.04 Å². The van der Waals surface area contributed by atoms with Crippen molar-refractivity contribution < 1.29 is 0 Å². The highest BCUT2D eigenvalue weighted by molar-refractivity contribution is 9.10. The second-order valence-corrected chi connectivity index (χ2v) is 7.31. The zero-order chi connectivity index (χ0) is 13.5. The van der Waals surface area contributed by atoms with Gasteiger partial charge in [-0.3, -0.25) is 0 Å². The van der Waals surface area contributed by atoms with Crippen LogP contribution in [-0.2, 0) is 6.42 Å². The molecule has 0 saturated carbocycles. The quantitative estimate of drug-likeness (QED) is 0.662. The van der Waals surface area contributed by atoms with E-state index in [0.717, 1.165) is 13.0 Å². The molecule has 1 aromatic rings. The number of nitrogens with one attached hydrogen (secondary N) is 1. The van der Waals surface area contributed by atoms with E-state index in [4.69, 9.17) is 0 Å². The van der Waals surface area contributed by atoms with Crippen LogP contribution in [0.3, 0.4) is 0 Å². The van der Waals surface area contributed by atoms with Crippen LogP contribution in [0.15, 0.2) is 27.6 Å². The van der Waals surface area contributed by atoms with Gasteiger partial charge in [0.25, 0.3) is 0 Å². The summed E-state index contributed by atoms with van der Waals surface area (Å²) in [5.41, 5.74) is 1.68. The third kappa shape index (κ3) is 5.41. The van der Waals surface area contributed by atoms with Gasteiger partial charge in [-0.05, 0) is 73.5 Å². The van der Waals surface area contributed by atoms with Gasteiger partial charge >= 0.3 is 0 Å². The van der Waals surface area contributed by atoms with Gasteiger partial charge in [0, 0.05) is 20.8 Å². The highest BCUT2D eigenvalue weighted by atomic mass is 79.9. The Morgan fingerprint density at radius 1 is 1.37 bits per heavy atom. The van der Waals surface area contributed by atoms with Gasteiger partial charge in [0.2, 0.25) is 0 Å². The molecule has 1 aromatic heterocycles. The second-order valence-electron chi connectivity index (χ2n) is 5.40. The molecule has 0 spiro atoms. The molecule has 1 unspecified atom stereocenters. The van der Waals surface area contributed by atoms with Gasteiger partial charge in [0.15, 0.2) is 0 Å². The molecule has 1 atom stereocenters. The van der Waals surface area contributed by atoms with E-state index in [9.17, 15) is 0 Å². The van der Waals surface area contributed by atoms with Crippen LogP contribution in [0.4, 0.5) is 0 Å². The van der Waals surface area contributed by atoms with E-state index in [-0.39, 0.29) is 0 Å². The van der Waals surface area contributed by atoms with E-state index in [1.54, 1.807) is 5.57 Å². The predicted octanol–water partition coefficient (Wildman–Crippen LogP) is 5.31. The molecule has 0 aliphatic heterocycles. The molecule has 0 bridgehead atoms. The largest absolute Gasteiger partial charge is 0.313 e. The molecule has 1 aliphatic carbocycles. The molecule has 1 heterocycles. The summed E-state index contributed by atoms with van der Waals surface area (Å²) in [4.78, 5) is 1.48. The Bertz CT molecular complexity index is 411. The fourth-order valence-corrected chi connectivity index (χ4v) is 4.21. The molecule has 1 N–H and O–H groups in total. The van der Waals surface area contributed by atoms with Gasteiger partial charge in [-0.15, -0.1) is 11.3 Å². The van der Waals surface area contributed by atoms with Crippen LogP contribution in [0, 0.1) is 0 Å². The van der Waals surface area contributed by atoms with Crippen LogP contribution < -0.4 is 5.32 Å². The Morgan fingerprint density at radius 2 is 2.26 bits per heavy atom. The Morgan fingerprint density at radius 3 is 2.89 bits per heavy atom. The van der Waals surface area contributed by atoms with Crippen molar-refractivity contribution in [2.45, 2.75) is 57.9 Å². The smallest absolute Gasteiger partial charge is 0.0285 e. The van der Waals surface area contributed by atoms with Crippen molar-refractivity contribution in [3.8, 4) is 0 Å². The highest BCUT2D eigenvalue weighted by Crippen LogP contribution is 2.25. The maximum absolute atomic E-state index is 3.72. The fraction of sp³-hybridized carbons (Fsp3) is 0.625. The van der Waals surface area contributed by atoms with Crippen LogP contribution in [0.1, 0.15) is 50.3 Å². The molecule has 0 radical (unpaired) electrons. The number of halogens is 1. The Hall–Kier alpha value is -0.120. The van der Waals surface area contributed by atoms with Crippen molar-refractivity contribution in [1.29, 1.82) is 0 Å². The van der Waals surface area contributed by atoms with Gasteiger partial charge in [-0.2, -0.15) is 0 Å². The molecular weight excluding hydrogens is 318 g/mol. The lowest BCUT2D eigenvalue weighted by molar-refractivity contribution is 0.492. The lowest BCUT2D eigenvalue weighted by Crippen LogP contribution is -2.32. The number of thiophene rings is 1. The Kier molecular flexibility index (Phi) is 6.62. The molecule has 2 rings (SSSR count). The number of rotatable bonds is 7. The van der Waals surface area contributed by atoms with Gasteiger partial charge in [0.05, 0.1) is 0 Å². The van der Waals surface area contributed by atoms with Gasteiger partial charge in [-0.1, -0.05) is 18.6 Å². The summed E-state index contributed by atoms with van der Waals surface area (Å²) in [6, 6.07) is 2.87. The van der Waals surface area contributed by atoms with Crippen molar-refractivity contribution >= 4 is 27.3 Å². The summed E-state index contributed by atoms with van der Waals surface area (Å²) in [5, 5.41) is 5.91. The minimum atomic E-state index is 0.606. The molecule has 0 amide bonds. The lowest BCUT2D eigenvalue weighted by Gasteiger charge is -2.21. The maximum Gasteiger partial charge on any atom is 0.0285 e. The first-order chi connectivity index (χ1) is 9.28. The van der Waals surface area contributed by atoms with Gasteiger partial charge in [0.1, 0.15) is 0 Å². The summed E-state index contributed by atoms with van der Waals surface area (Å²) in [6.07, 6.45) is 11.5. The zero-order valence-corrected chi connectivity index (χ0v) is 14.2. The van der Waals surface area contributed by atoms with Crippen molar-refractivity contribution in [2.24, 2.45) is 0 Å². The zero-order valence-electron chi connectivity index (χ0n) is 11.8.